The fourth-order valence-corrected chi connectivity index (χ4v) is 2.37. The highest BCUT2D eigenvalue weighted by molar-refractivity contribution is 7.71. The Morgan fingerprint density at radius 1 is 1.33 bits per heavy atom. The third-order valence-electron chi connectivity index (χ3n) is 2.82. The van der Waals surface area contributed by atoms with Crippen LogP contribution >= 0.6 is 23.8 Å². The molecule has 2 rings (SSSR count). The molecule has 2 aromatic rings. The van der Waals surface area contributed by atoms with Crippen molar-refractivity contribution in [3.05, 3.63) is 45.2 Å². The number of aromatic nitrogens is 2. The second-order valence-corrected chi connectivity index (χ2v) is 5.81. The maximum absolute atomic E-state index is 6.15. The molecule has 0 unspecified atom stereocenters. The first kappa shape index (κ1) is 13.4. The zero-order chi connectivity index (χ0) is 13.3. The van der Waals surface area contributed by atoms with Gasteiger partial charge in [-0.15, -0.1) is 0 Å². The maximum Gasteiger partial charge on any atom is 0.127 e. The van der Waals surface area contributed by atoms with Crippen molar-refractivity contribution in [3.63, 3.8) is 0 Å². The molecule has 0 atom stereocenters. The number of halogens is 1. The van der Waals surface area contributed by atoms with Gasteiger partial charge in [0.15, 0.2) is 0 Å². The minimum atomic E-state index is 0.605. The standard InChI is InChI=1S/C14H17ClN2S/c1-9(2)6-11-7-14(18)17(16-11)12-5-4-10(3)13(15)8-12/h4-5,7-9,16H,6H2,1-3H3. The normalized spacial score (nSPS) is 11.2. The van der Waals surface area contributed by atoms with Crippen LogP contribution < -0.4 is 0 Å². The number of hydrogen-bond acceptors (Lipinski definition) is 1. The summed E-state index contributed by atoms with van der Waals surface area (Å²) in [5.74, 6) is 0.605. The van der Waals surface area contributed by atoms with Crippen LogP contribution in [-0.4, -0.2) is 9.78 Å². The fourth-order valence-electron chi connectivity index (χ4n) is 1.90. The van der Waals surface area contributed by atoms with Crippen molar-refractivity contribution in [3.8, 4) is 5.69 Å². The van der Waals surface area contributed by atoms with E-state index in [1.807, 2.05) is 35.9 Å². The number of hydrogen-bond donors (Lipinski definition) is 1. The molecule has 0 saturated heterocycles. The number of H-pyrrole nitrogens is 1. The number of nitrogens with zero attached hydrogens (tertiary/aromatic N) is 1. The monoisotopic (exact) mass is 280 g/mol. The van der Waals surface area contributed by atoms with E-state index in [0.717, 1.165) is 33.0 Å². The molecule has 0 spiro atoms. The lowest BCUT2D eigenvalue weighted by atomic mass is 10.1. The summed E-state index contributed by atoms with van der Waals surface area (Å²) in [5, 5.41) is 4.09. The van der Waals surface area contributed by atoms with Crippen LogP contribution in [0.5, 0.6) is 0 Å². The minimum absolute atomic E-state index is 0.605. The topological polar surface area (TPSA) is 20.7 Å². The lowest BCUT2D eigenvalue weighted by Crippen LogP contribution is -2.00. The largest absolute Gasteiger partial charge is 0.297 e. The molecular formula is C14H17ClN2S. The molecule has 1 heterocycles. The van der Waals surface area contributed by atoms with E-state index >= 15 is 0 Å². The Hall–Kier alpha value is -1.06. The molecule has 1 aromatic heterocycles. The van der Waals surface area contributed by atoms with Gasteiger partial charge in [-0.25, -0.2) is 4.68 Å². The number of benzene rings is 1. The molecule has 0 radical (unpaired) electrons. The van der Waals surface area contributed by atoms with Gasteiger partial charge in [0.05, 0.1) is 5.69 Å². The van der Waals surface area contributed by atoms with E-state index in [2.05, 4.69) is 18.9 Å². The molecule has 0 saturated carbocycles. The molecule has 0 aliphatic heterocycles. The molecule has 1 aromatic carbocycles. The smallest absolute Gasteiger partial charge is 0.127 e. The minimum Gasteiger partial charge on any atom is -0.297 e. The highest BCUT2D eigenvalue weighted by atomic mass is 35.5. The van der Waals surface area contributed by atoms with Gasteiger partial charge in [0.1, 0.15) is 4.64 Å². The van der Waals surface area contributed by atoms with Crippen LogP contribution in [0.1, 0.15) is 25.1 Å². The van der Waals surface area contributed by atoms with Crippen molar-refractivity contribution in [2.45, 2.75) is 27.2 Å². The Labute approximate surface area is 118 Å². The van der Waals surface area contributed by atoms with Crippen LogP contribution in [0.2, 0.25) is 5.02 Å². The molecule has 1 N–H and O–H groups in total. The van der Waals surface area contributed by atoms with E-state index < -0.39 is 0 Å². The lowest BCUT2D eigenvalue weighted by molar-refractivity contribution is 0.628. The van der Waals surface area contributed by atoms with Crippen molar-refractivity contribution in [1.82, 2.24) is 9.78 Å². The van der Waals surface area contributed by atoms with Gasteiger partial charge in [0, 0.05) is 10.7 Å². The van der Waals surface area contributed by atoms with Gasteiger partial charge in [-0.1, -0.05) is 43.7 Å². The van der Waals surface area contributed by atoms with E-state index in [1.165, 1.54) is 0 Å². The van der Waals surface area contributed by atoms with Crippen LogP contribution in [0.4, 0.5) is 0 Å². The summed E-state index contributed by atoms with van der Waals surface area (Å²) in [4.78, 5) is 0. The Kier molecular flexibility index (Phi) is 3.93. The average Bonchev–Trinajstić information content (AvgIpc) is 2.62. The van der Waals surface area contributed by atoms with E-state index in [4.69, 9.17) is 23.8 Å². The first-order valence-corrected chi connectivity index (χ1v) is 6.83. The summed E-state index contributed by atoms with van der Waals surface area (Å²) >= 11 is 11.5. The molecule has 0 amide bonds. The Balaban J connectivity index is 2.41. The van der Waals surface area contributed by atoms with Crippen molar-refractivity contribution in [2.24, 2.45) is 5.92 Å². The quantitative estimate of drug-likeness (QED) is 0.809. The van der Waals surface area contributed by atoms with Crippen LogP contribution in [0.3, 0.4) is 0 Å². The van der Waals surface area contributed by atoms with Gasteiger partial charge in [-0.2, -0.15) is 0 Å². The van der Waals surface area contributed by atoms with Gasteiger partial charge < -0.3 is 0 Å². The summed E-state index contributed by atoms with van der Waals surface area (Å²) in [6, 6.07) is 7.97. The third kappa shape index (κ3) is 2.85. The van der Waals surface area contributed by atoms with E-state index in [9.17, 15) is 0 Å². The van der Waals surface area contributed by atoms with Gasteiger partial charge in [0.25, 0.3) is 0 Å². The molecule has 0 fully saturated rings. The molecule has 2 nitrogen and oxygen atoms in total. The molecule has 18 heavy (non-hydrogen) atoms. The molecule has 4 heteroatoms. The number of rotatable bonds is 3. The predicted octanol–water partition coefficient (Wildman–Crippen LogP) is 4.70. The second kappa shape index (κ2) is 5.29. The van der Waals surface area contributed by atoms with Crippen molar-refractivity contribution in [1.29, 1.82) is 0 Å². The van der Waals surface area contributed by atoms with Gasteiger partial charge in [-0.3, -0.25) is 5.10 Å². The summed E-state index contributed by atoms with van der Waals surface area (Å²) in [5.41, 5.74) is 3.21. The van der Waals surface area contributed by atoms with Crippen molar-refractivity contribution < 1.29 is 0 Å². The highest BCUT2D eigenvalue weighted by Crippen LogP contribution is 2.20. The summed E-state index contributed by atoms with van der Waals surface area (Å²) < 4.78 is 2.68. The number of aryl methyl sites for hydroxylation is 1. The van der Waals surface area contributed by atoms with Gasteiger partial charge in [-0.05, 0) is 43.0 Å². The van der Waals surface area contributed by atoms with Crippen LogP contribution in [0.15, 0.2) is 24.3 Å². The SMILES string of the molecule is Cc1ccc(-n2[nH]c(CC(C)C)cc2=S)cc1Cl. The van der Waals surface area contributed by atoms with Crippen molar-refractivity contribution in [2.75, 3.05) is 0 Å². The van der Waals surface area contributed by atoms with E-state index in [-0.39, 0.29) is 0 Å². The Morgan fingerprint density at radius 3 is 2.67 bits per heavy atom. The fraction of sp³-hybridized carbons (Fsp3) is 0.357. The molecule has 0 aliphatic carbocycles. The summed E-state index contributed by atoms with van der Waals surface area (Å²) in [6.45, 7) is 6.37. The second-order valence-electron chi connectivity index (χ2n) is 4.99. The number of nitrogens with one attached hydrogen (secondary N) is 1. The highest BCUT2D eigenvalue weighted by Gasteiger charge is 2.06. The van der Waals surface area contributed by atoms with Crippen molar-refractivity contribution >= 4 is 23.8 Å². The molecule has 96 valence electrons. The first-order chi connectivity index (χ1) is 8.47. The first-order valence-electron chi connectivity index (χ1n) is 6.05. The van der Waals surface area contributed by atoms with Crippen LogP contribution in [0.25, 0.3) is 5.69 Å². The average molecular weight is 281 g/mol. The molecular weight excluding hydrogens is 264 g/mol. The van der Waals surface area contributed by atoms with Crippen LogP contribution in [0, 0.1) is 17.5 Å². The lowest BCUT2D eigenvalue weighted by Gasteiger charge is -2.06. The zero-order valence-electron chi connectivity index (χ0n) is 10.8. The molecule has 0 bridgehead atoms. The summed E-state index contributed by atoms with van der Waals surface area (Å²) in [6.07, 6.45) is 0.996. The van der Waals surface area contributed by atoms with Gasteiger partial charge >= 0.3 is 0 Å². The van der Waals surface area contributed by atoms with Crippen LogP contribution in [-0.2, 0) is 6.42 Å². The maximum atomic E-state index is 6.15. The zero-order valence-corrected chi connectivity index (χ0v) is 12.4. The summed E-state index contributed by atoms with van der Waals surface area (Å²) in [7, 11) is 0. The van der Waals surface area contributed by atoms with Gasteiger partial charge in [0.2, 0.25) is 0 Å². The Morgan fingerprint density at radius 2 is 2.06 bits per heavy atom. The van der Waals surface area contributed by atoms with E-state index in [1.54, 1.807) is 0 Å². The third-order valence-corrected chi connectivity index (χ3v) is 3.52. The number of aromatic amines is 1. The predicted molar refractivity (Wildman–Crippen MR) is 79.2 cm³/mol. The Bertz CT molecular complexity index is 610. The van der Waals surface area contributed by atoms with E-state index in [0.29, 0.717) is 5.92 Å². The molecule has 0 aliphatic rings.